The van der Waals surface area contributed by atoms with Crippen LogP contribution in [0.15, 0.2) is 22.7 Å². The third kappa shape index (κ3) is 3.63. The first-order chi connectivity index (χ1) is 7.96. The lowest BCUT2D eigenvalue weighted by Gasteiger charge is -2.37. The predicted molar refractivity (Wildman–Crippen MR) is 80.4 cm³/mol. The molecule has 1 aromatic carbocycles. The molecule has 0 unspecified atom stereocenters. The number of nitrogens with zero attached hydrogens (tertiary/aromatic N) is 1. The second-order valence-corrected chi connectivity index (χ2v) is 7.83. The van der Waals surface area contributed by atoms with E-state index in [4.69, 9.17) is 5.73 Å². The topological polar surface area (TPSA) is 29.3 Å². The summed E-state index contributed by atoms with van der Waals surface area (Å²) < 4.78 is 1.49. The van der Waals surface area contributed by atoms with E-state index in [1.54, 1.807) is 0 Å². The van der Waals surface area contributed by atoms with Crippen molar-refractivity contribution in [1.82, 2.24) is 4.90 Å². The Hall–Kier alpha value is -0.190. The molecule has 1 aromatic rings. The summed E-state index contributed by atoms with van der Waals surface area (Å²) in [6, 6.07) is 6.08. The molecule has 94 valence electrons. The van der Waals surface area contributed by atoms with E-state index in [1.807, 2.05) is 12.1 Å². The molecule has 2 nitrogen and oxygen atoms in total. The van der Waals surface area contributed by atoms with Crippen molar-refractivity contribution in [3.63, 3.8) is 0 Å². The Kier molecular flexibility index (Phi) is 4.06. The molecule has 1 aliphatic heterocycles. The zero-order chi connectivity index (χ0) is 12.5. The van der Waals surface area contributed by atoms with Gasteiger partial charge in [0.05, 0.1) is 0 Å². The summed E-state index contributed by atoms with van der Waals surface area (Å²) in [5.41, 5.74) is 7.89. The third-order valence-corrected chi connectivity index (χ3v) is 5.01. The average molecular weight is 315 g/mol. The van der Waals surface area contributed by atoms with E-state index >= 15 is 0 Å². The minimum Gasteiger partial charge on any atom is -0.399 e. The molecule has 1 heterocycles. The fourth-order valence-electron chi connectivity index (χ4n) is 2.18. The highest BCUT2D eigenvalue weighted by atomic mass is 79.9. The summed E-state index contributed by atoms with van der Waals surface area (Å²) in [4.78, 5) is 2.52. The molecule has 17 heavy (non-hydrogen) atoms. The number of thioether (sulfide) groups is 1. The van der Waals surface area contributed by atoms with Crippen LogP contribution in [-0.4, -0.2) is 28.5 Å². The van der Waals surface area contributed by atoms with Gasteiger partial charge in [-0.3, -0.25) is 4.90 Å². The van der Waals surface area contributed by atoms with Crippen molar-refractivity contribution in [3.8, 4) is 0 Å². The fraction of sp³-hybridized carbons (Fsp3) is 0.538. The molecule has 0 amide bonds. The van der Waals surface area contributed by atoms with E-state index < -0.39 is 0 Å². The average Bonchev–Trinajstić information content (AvgIpc) is 2.21. The smallest absolute Gasteiger partial charge is 0.0325 e. The van der Waals surface area contributed by atoms with Crippen molar-refractivity contribution in [1.29, 1.82) is 0 Å². The molecule has 0 radical (unpaired) electrons. The molecule has 0 atom stereocenters. The van der Waals surface area contributed by atoms with Crippen molar-refractivity contribution in [2.75, 3.05) is 24.6 Å². The fourth-order valence-corrected chi connectivity index (χ4v) is 3.88. The maximum absolute atomic E-state index is 5.76. The van der Waals surface area contributed by atoms with E-state index in [0.29, 0.717) is 4.75 Å². The number of nitrogens with two attached hydrogens (primary N) is 1. The first-order valence-electron chi connectivity index (χ1n) is 5.86. The molecular formula is C13H19BrN2S. The molecule has 2 rings (SSSR count). The summed E-state index contributed by atoms with van der Waals surface area (Å²) in [5.74, 6) is 1.22. The largest absolute Gasteiger partial charge is 0.399 e. The molecule has 0 aliphatic carbocycles. The predicted octanol–water partition coefficient (Wildman–Crippen LogP) is 3.36. The van der Waals surface area contributed by atoms with Crippen LogP contribution in [-0.2, 0) is 6.54 Å². The SMILES string of the molecule is CC1(C)CN(Cc2ccc(N)cc2Br)CCS1. The molecule has 1 aliphatic rings. The standard InChI is InChI=1S/C13H19BrN2S/c1-13(2)9-16(5-6-17-13)8-10-3-4-11(15)7-12(10)14/h3-4,7H,5-6,8-9,15H2,1-2H3. The van der Waals surface area contributed by atoms with Crippen molar-refractivity contribution in [2.45, 2.75) is 25.1 Å². The molecular weight excluding hydrogens is 296 g/mol. The van der Waals surface area contributed by atoms with Crippen molar-refractivity contribution in [2.24, 2.45) is 0 Å². The van der Waals surface area contributed by atoms with Gasteiger partial charge < -0.3 is 5.73 Å². The molecule has 2 N–H and O–H groups in total. The number of halogens is 1. The van der Waals surface area contributed by atoms with Crippen LogP contribution in [0, 0.1) is 0 Å². The Morgan fingerprint density at radius 3 is 2.88 bits per heavy atom. The Balaban J connectivity index is 2.05. The van der Waals surface area contributed by atoms with Gasteiger partial charge in [-0.1, -0.05) is 22.0 Å². The minimum absolute atomic E-state index is 0.374. The maximum atomic E-state index is 5.76. The lowest BCUT2D eigenvalue weighted by molar-refractivity contribution is 0.252. The van der Waals surface area contributed by atoms with Gasteiger partial charge in [0.2, 0.25) is 0 Å². The van der Waals surface area contributed by atoms with Crippen LogP contribution >= 0.6 is 27.7 Å². The van der Waals surface area contributed by atoms with E-state index in [1.165, 1.54) is 17.9 Å². The monoisotopic (exact) mass is 314 g/mol. The van der Waals surface area contributed by atoms with E-state index in [9.17, 15) is 0 Å². The summed E-state index contributed by atoms with van der Waals surface area (Å²) in [7, 11) is 0. The minimum atomic E-state index is 0.374. The second kappa shape index (κ2) is 5.21. The van der Waals surface area contributed by atoms with E-state index in [0.717, 1.165) is 23.2 Å². The van der Waals surface area contributed by atoms with Gasteiger partial charge in [-0.05, 0) is 31.5 Å². The van der Waals surface area contributed by atoms with E-state index in [-0.39, 0.29) is 0 Å². The van der Waals surface area contributed by atoms with Crippen LogP contribution in [0.2, 0.25) is 0 Å². The van der Waals surface area contributed by atoms with Crippen LogP contribution in [0.5, 0.6) is 0 Å². The van der Waals surface area contributed by atoms with Gasteiger partial charge >= 0.3 is 0 Å². The van der Waals surface area contributed by atoms with E-state index in [2.05, 4.69) is 52.5 Å². The Morgan fingerprint density at radius 2 is 2.24 bits per heavy atom. The lowest BCUT2D eigenvalue weighted by Crippen LogP contribution is -2.42. The van der Waals surface area contributed by atoms with Gasteiger partial charge in [0.25, 0.3) is 0 Å². The Morgan fingerprint density at radius 1 is 1.47 bits per heavy atom. The van der Waals surface area contributed by atoms with Gasteiger partial charge in [-0.2, -0.15) is 11.8 Å². The quantitative estimate of drug-likeness (QED) is 0.849. The Bertz CT molecular complexity index is 406. The zero-order valence-electron chi connectivity index (χ0n) is 10.4. The van der Waals surface area contributed by atoms with Crippen LogP contribution < -0.4 is 5.73 Å². The van der Waals surface area contributed by atoms with Crippen molar-refractivity contribution in [3.05, 3.63) is 28.2 Å². The van der Waals surface area contributed by atoms with Crippen LogP contribution in [0.25, 0.3) is 0 Å². The second-order valence-electron chi connectivity index (χ2n) is 5.17. The van der Waals surface area contributed by atoms with Crippen LogP contribution in [0.3, 0.4) is 0 Å². The normalized spacial score (nSPS) is 20.4. The number of hydrogen-bond donors (Lipinski definition) is 1. The first kappa shape index (κ1) is 13.2. The maximum Gasteiger partial charge on any atom is 0.0325 e. The van der Waals surface area contributed by atoms with Crippen molar-refractivity contribution >= 4 is 33.4 Å². The van der Waals surface area contributed by atoms with Gasteiger partial charge in [0.15, 0.2) is 0 Å². The summed E-state index contributed by atoms with van der Waals surface area (Å²) >= 11 is 5.66. The summed E-state index contributed by atoms with van der Waals surface area (Å²) in [5, 5.41) is 0. The number of nitrogen functional groups attached to an aromatic ring is 1. The zero-order valence-corrected chi connectivity index (χ0v) is 12.8. The molecule has 0 aromatic heterocycles. The summed E-state index contributed by atoms with van der Waals surface area (Å²) in [6.45, 7) is 7.97. The molecule has 4 heteroatoms. The van der Waals surface area contributed by atoms with Crippen molar-refractivity contribution < 1.29 is 0 Å². The van der Waals surface area contributed by atoms with Gasteiger partial charge in [-0.15, -0.1) is 0 Å². The molecule has 0 saturated carbocycles. The summed E-state index contributed by atoms with van der Waals surface area (Å²) in [6.07, 6.45) is 0. The Labute approximate surface area is 116 Å². The molecule has 1 saturated heterocycles. The number of rotatable bonds is 2. The molecule has 0 bridgehead atoms. The van der Waals surface area contributed by atoms with Gasteiger partial charge in [0, 0.05) is 40.3 Å². The number of benzene rings is 1. The highest BCUT2D eigenvalue weighted by molar-refractivity contribution is 9.10. The number of hydrogen-bond acceptors (Lipinski definition) is 3. The molecule has 1 fully saturated rings. The first-order valence-corrected chi connectivity index (χ1v) is 7.64. The highest BCUT2D eigenvalue weighted by Crippen LogP contribution is 2.31. The van der Waals surface area contributed by atoms with Gasteiger partial charge in [-0.25, -0.2) is 0 Å². The van der Waals surface area contributed by atoms with Gasteiger partial charge in [0.1, 0.15) is 0 Å². The highest BCUT2D eigenvalue weighted by Gasteiger charge is 2.27. The number of anilines is 1. The molecule has 0 spiro atoms. The third-order valence-electron chi connectivity index (χ3n) is 2.98. The van der Waals surface area contributed by atoms with Crippen LogP contribution in [0.4, 0.5) is 5.69 Å². The lowest BCUT2D eigenvalue weighted by atomic mass is 10.1. The van der Waals surface area contributed by atoms with Crippen LogP contribution in [0.1, 0.15) is 19.4 Å².